The van der Waals surface area contributed by atoms with E-state index in [1.165, 1.54) is 11.0 Å². The molecule has 1 amide bonds. The highest BCUT2D eigenvalue weighted by molar-refractivity contribution is 6.33. The minimum absolute atomic E-state index is 0.152. The van der Waals surface area contributed by atoms with E-state index in [2.05, 4.69) is 10.1 Å². The van der Waals surface area contributed by atoms with Crippen LogP contribution in [0.3, 0.4) is 0 Å². The van der Waals surface area contributed by atoms with Gasteiger partial charge in [0.05, 0.1) is 11.6 Å². The van der Waals surface area contributed by atoms with Crippen molar-refractivity contribution in [1.29, 1.82) is 0 Å². The third-order valence-corrected chi connectivity index (χ3v) is 3.88. The molecule has 1 aromatic heterocycles. The highest BCUT2D eigenvalue weighted by Crippen LogP contribution is 2.25. The minimum atomic E-state index is -0.152. The van der Waals surface area contributed by atoms with Gasteiger partial charge in [0.1, 0.15) is 0 Å². The number of carbonyl (C=O) groups excluding carboxylic acids is 1. The highest BCUT2D eigenvalue weighted by atomic mass is 35.5. The Morgan fingerprint density at radius 2 is 1.88 bits per heavy atom. The standard InChI is InChI=1S/C19H16ClN3O2/c1-23(18(24)12-11-14-7-3-2-4-8-14)13-17-21-19(22-25-17)15-9-5-6-10-16(15)20/h2-12H,13H2,1H3. The number of carbonyl (C=O) groups is 1. The van der Waals surface area contributed by atoms with E-state index in [4.69, 9.17) is 16.1 Å². The van der Waals surface area contributed by atoms with Crippen LogP contribution < -0.4 is 0 Å². The largest absolute Gasteiger partial charge is 0.337 e. The number of likely N-dealkylation sites (N-methyl/N-ethyl adjacent to an activating group) is 1. The Kier molecular flexibility index (Phi) is 5.26. The van der Waals surface area contributed by atoms with Gasteiger partial charge in [0.2, 0.25) is 17.6 Å². The molecule has 0 spiro atoms. The van der Waals surface area contributed by atoms with Crippen molar-refractivity contribution in [2.75, 3.05) is 7.05 Å². The lowest BCUT2D eigenvalue weighted by Crippen LogP contribution is -2.24. The first-order valence-electron chi connectivity index (χ1n) is 7.69. The lowest BCUT2D eigenvalue weighted by molar-refractivity contribution is -0.125. The zero-order chi connectivity index (χ0) is 17.6. The number of hydrogen-bond acceptors (Lipinski definition) is 4. The van der Waals surface area contributed by atoms with Crippen LogP contribution in [0, 0.1) is 0 Å². The topological polar surface area (TPSA) is 59.2 Å². The van der Waals surface area contributed by atoms with Crippen LogP contribution in [0.5, 0.6) is 0 Å². The van der Waals surface area contributed by atoms with Crippen molar-refractivity contribution in [1.82, 2.24) is 15.0 Å². The van der Waals surface area contributed by atoms with Crippen molar-refractivity contribution >= 4 is 23.6 Å². The summed E-state index contributed by atoms with van der Waals surface area (Å²) >= 11 is 6.13. The fraction of sp³-hybridized carbons (Fsp3) is 0.105. The summed E-state index contributed by atoms with van der Waals surface area (Å²) in [7, 11) is 1.68. The van der Waals surface area contributed by atoms with E-state index in [-0.39, 0.29) is 12.5 Å². The minimum Gasteiger partial charge on any atom is -0.337 e. The van der Waals surface area contributed by atoms with Crippen LogP contribution in [0.25, 0.3) is 17.5 Å². The first-order chi connectivity index (χ1) is 12.1. The maximum atomic E-state index is 12.2. The maximum absolute atomic E-state index is 12.2. The van der Waals surface area contributed by atoms with Crippen LogP contribution in [0.15, 0.2) is 65.2 Å². The van der Waals surface area contributed by atoms with Gasteiger partial charge in [-0.15, -0.1) is 0 Å². The van der Waals surface area contributed by atoms with Crippen molar-refractivity contribution in [3.8, 4) is 11.4 Å². The monoisotopic (exact) mass is 353 g/mol. The van der Waals surface area contributed by atoms with Crippen molar-refractivity contribution in [3.63, 3.8) is 0 Å². The quantitative estimate of drug-likeness (QED) is 0.649. The summed E-state index contributed by atoms with van der Waals surface area (Å²) < 4.78 is 5.22. The molecule has 3 rings (SSSR count). The summed E-state index contributed by atoms with van der Waals surface area (Å²) in [5.41, 5.74) is 1.65. The Morgan fingerprint density at radius 1 is 1.16 bits per heavy atom. The molecule has 0 aliphatic carbocycles. The van der Waals surface area contributed by atoms with E-state index in [0.29, 0.717) is 22.3 Å². The second-order valence-electron chi connectivity index (χ2n) is 5.43. The molecule has 0 aliphatic heterocycles. The van der Waals surface area contributed by atoms with Crippen molar-refractivity contribution in [2.24, 2.45) is 0 Å². The Balaban J connectivity index is 1.65. The van der Waals surface area contributed by atoms with Gasteiger partial charge in [0, 0.05) is 18.7 Å². The summed E-state index contributed by atoms with van der Waals surface area (Å²) in [5, 5.41) is 4.47. The molecule has 0 bridgehead atoms. The first-order valence-corrected chi connectivity index (χ1v) is 8.07. The van der Waals surface area contributed by atoms with Crippen LogP contribution in [0.4, 0.5) is 0 Å². The zero-order valence-electron chi connectivity index (χ0n) is 13.6. The van der Waals surface area contributed by atoms with Crippen LogP contribution in [-0.4, -0.2) is 28.0 Å². The number of amides is 1. The highest BCUT2D eigenvalue weighted by Gasteiger charge is 2.14. The molecule has 2 aromatic carbocycles. The smallest absolute Gasteiger partial charge is 0.246 e. The number of nitrogens with zero attached hydrogens (tertiary/aromatic N) is 3. The van der Waals surface area contributed by atoms with E-state index < -0.39 is 0 Å². The van der Waals surface area contributed by atoms with E-state index in [9.17, 15) is 4.79 Å². The molecule has 0 radical (unpaired) electrons. The molecule has 0 N–H and O–H groups in total. The molecule has 25 heavy (non-hydrogen) atoms. The SMILES string of the molecule is CN(Cc1nc(-c2ccccc2Cl)no1)C(=O)C=Cc1ccccc1. The van der Waals surface area contributed by atoms with Gasteiger partial charge in [-0.25, -0.2) is 0 Å². The van der Waals surface area contributed by atoms with Gasteiger partial charge in [-0.3, -0.25) is 4.79 Å². The molecule has 5 nitrogen and oxygen atoms in total. The number of rotatable bonds is 5. The molecule has 0 unspecified atom stereocenters. The van der Waals surface area contributed by atoms with Crippen molar-refractivity contribution < 1.29 is 9.32 Å². The van der Waals surface area contributed by atoms with E-state index in [1.54, 1.807) is 19.2 Å². The Hall–Kier alpha value is -2.92. The zero-order valence-corrected chi connectivity index (χ0v) is 14.3. The molecule has 0 aliphatic rings. The first kappa shape index (κ1) is 16.9. The predicted molar refractivity (Wildman–Crippen MR) is 96.7 cm³/mol. The second-order valence-corrected chi connectivity index (χ2v) is 5.84. The van der Waals surface area contributed by atoms with Crippen LogP contribution in [0.2, 0.25) is 5.02 Å². The number of benzene rings is 2. The van der Waals surface area contributed by atoms with Crippen LogP contribution in [0.1, 0.15) is 11.5 Å². The lowest BCUT2D eigenvalue weighted by Gasteiger charge is -2.11. The van der Waals surface area contributed by atoms with Gasteiger partial charge in [0.15, 0.2) is 0 Å². The molecule has 126 valence electrons. The average Bonchev–Trinajstić information content (AvgIpc) is 3.09. The van der Waals surface area contributed by atoms with Gasteiger partial charge in [0.25, 0.3) is 0 Å². The normalized spacial score (nSPS) is 11.0. The van der Waals surface area contributed by atoms with Gasteiger partial charge >= 0.3 is 0 Å². The summed E-state index contributed by atoms with van der Waals surface area (Å²) in [6.45, 7) is 0.218. The maximum Gasteiger partial charge on any atom is 0.246 e. The third-order valence-electron chi connectivity index (χ3n) is 3.55. The molecule has 6 heteroatoms. The van der Waals surface area contributed by atoms with Gasteiger partial charge in [-0.1, -0.05) is 59.2 Å². The molecular formula is C19H16ClN3O2. The van der Waals surface area contributed by atoms with E-state index in [1.807, 2.05) is 48.5 Å². The molecule has 0 fully saturated rings. The number of hydrogen-bond donors (Lipinski definition) is 0. The summed E-state index contributed by atoms with van der Waals surface area (Å²) in [5.74, 6) is 0.599. The van der Waals surface area contributed by atoms with Gasteiger partial charge < -0.3 is 9.42 Å². The summed E-state index contributed by atoms with van der Waals surface area (Å²) in [6.07, 6.45) is 3.28. The molecular weight excluding hydrogens is 338 g/mol. The van der Waals surface area contributed by atoms with Crippen molar-refractivity contribution in [3.05, 3.63) is 77.2 Å². The Morgan fingerprint density at radius 3 is 2.64 bits per heavy atom. The molecule has 0 atom stereocenters. The third kappa shape index (κ3) is 4.33. The molecule has 3 aromatic rings. The number of halogens is 1. The van der Waals surface area contributed by atoms with Crippen LogP contribution in [-0.2, 0) is 11.3 Å². The molecule has 0 saturated heterocycles. The van der Waals surface area contributed by atoms with Crippen LogP contribution >= 0.6 is 11.6 Å². The molecule has 0 saturated carbocycles. The summed E-state index contributed by atoms with van der Waals surface area (Å²) in [6, 6.07) is 16.9. The fourth-order valence-electron chi connectivity index (χ4n) is 2.21. The Labute approximate surface area is 150 Å². The predicted octanol–water partition coefficient (Wildman–Crippen LogP) is 4.06. The van der Waals surface area contributed by atoms with Gasteiger partial charge in [-0.05, 0) is 23.8 Å². The average molecular weight is 354 g/mol. The second kappa shape index (κ2) is 7.77. The summed E-state index contributed by atoms with van der Waals surface area (Å²) in [4.78, 5) is 18.0. The van der Waals surface area contributed by atoms with E-state index in [0.717, 1.165) is 5.56 Å². The molecule has 1 heterocycles. The van der Waals surface area contributed by atoms with E-state index >= 15 is 0 Å². The Bertz CT molecular complexity index is 890. The van der Waals surface area contributed by atoms with Crippen molar-refractivity contribution in [2.45, 2.75) is 6.54 Å². The van der Waals surface area contributed by atoms with Gasteiger partial charge in [-0.2, -0.15) is 4.98 Å². The fourth-order valence-corrected chi connectivity index (χ4v) is 2.43. The number of aromatic nitrogens is 2. The lowest BCUT2D eigenvalue weighted by atomic mass is 10.2.